The molecule has 33 heavy (non-hydrogen) atoms. The van der Waals surface area contributed by atoms with E-state index in [0.29, 0.717) is 12.2 Å². The second-order valence-electron chi connectivity index (χ2n) is 7.31. The summed E-state index contributed by atoms with van der Waals surface area (Å²) in [6.07, 6.45) is 1.54. The highest BCUT2D eigenvalue weighted by molar-refractivity contribution is 7.92. The summed E-state index contributed by atoms with van der Waals surface area (Å²) in [5, 5.41) is 2.50. The summed E-state index contributed by atoms with van der Waals surface area (Å²) in [4.78, 5) is 12.6. The number of aryl methyl sites for hydroxylation is 1. The summed E-state index contributed by atoms with van der Waals surface area (Å²) < 4.78 is 56.8. The van der Waals surface area contributed by atoms with E-state index in [4.69, 9.17) is 11.6 Å². The minimum Gasteiger partial charge on any atom is -0.433 e. The van der Waals surface area contributed by atoms with Crippen LogP contribution in [0.2, 0.25) is 5.02 Å². The Hall–Kier alpha value is -3.17. The first-order chi connectivity index (χ1) is 15.8. The van der Waals surface area contributed by atoms with Crippen LogP contribution in [0.4, 0.5) is 20.2 Å². The van der Waals surface area contributed by atoms with Crippen molar-refractivity contribution < 1.29 is 26.7 Å². The third-order valence-electron chi connectivity index (χ3n) is 5.18. The molecule has 4 rings (SSSR count). The predicted molar refractivity (Wildman–Crippen MR) is 122 cm³/mol. The maximum absolute atomic E-state index is 13.2. The minimum absolute atomic E-state index is 0.0762. The van der Waals surface area contributed by atoms with E-state index >= 15 is 0 Å². The quantitative estimate of drug-likeness (QED) is 0.504. The molecule has 3 aromatic carbocycles. The molecule has 6 nitrogen and oxygen atoms in total. The van der Waals surface area contributed by atoms with E-state index in [-0.39, 0.29) is 26.9 Å². The molecule has 3 aromatic rings. The van der Waals surface area contributed by atoms with Crippen molar-refractivity contribution in [3.63, 3.8) is 0 Å². The average Bonchev–Trinajstić information content (AvgIpc) is 2.80. The van der Waals surface area contributed by atoms with Crippen LogP contribution in [0, 0.1) is 0 Å². The van der Waals surface area contributed by atoms with Gasteiger partial charge in [0.05, 0.1) is 15.6 Å². The van der Waals surface area contributed by atoms with E-state index in [1.165, 1.54) is 46.8 Å². The number of nitrogens with zero attached hydrogens (tertiary/aromatic N) is 1. The lowest BCUT2D eigenvalue weighted by Crippen LogP contribution is -2.35. The predicted octanol–water partition coefficient (Wildman–Crippen LogP) is 5.34. The Bertz CT molecular complexity index is 1280. The Morgan fingerprint density at radius 1 is 1.06 bits per heavy atom. The molecule has 0 spiro atoms. The summed E-state index contributed by atoms with van der Waals surface area (Å²) >= 11 is 5.90. The van der Waals surface area contributed by atoms with Gasteiger partial charge in [-0.3, -0.25) is 9.10 Å². The molecule has 0 saturated heterocycles. The van der Waals surface area contributed by atoms with Crippen molar-refractivity contribution >= 4 is 38.9 Å². The lowest BCUT2D eigenvalue weighted by atomic mass is 10.0. The molecule has 1 heterocycles. The van der Waals surface area contributed by atoms with Crippen molar-refractivity contribution in [2.75, 3.05) is 16.2 Å². The van der Waals surface area contributed by atoms with Crippen LogP contribution < -0.4 is 14.4 Å². The van der Waals surface area contributed by atoms with Crippen LogP contribution in [-0.2, 0) is 16.4 Å². The van der Waals surface area contributed by atoms with Gasteiger partial charge in [-0.1, -0.05) is 29.8 Å². The summed E-state index contributed by atoms with van der Waals surface area (Å²) in [5.74, 6) is -0.723. The number of benzene rings is 3. The zero-order valence-corrected chi connectivity index (χ0v) is 18.7. The van der Waals surface area contributed by atoms with E-state index in [2.05, 4.69) is 10.1 Å². The molecule has 172 valence electrons. The molecule has 0 aliphatic carbocycles. The number of fused-ring (bicyclic) bond motifs is 1. The fraction of sp³-hybridized carbons (Fsp3) is 0.174. The third kappa shape index (κ3) is 4.94. The molecule has 1 aliphatic rings. The first-order valence-corrected chi connectivity index (χ1v) is 11.8. The summed E-state index contributed by atoms with van der Waals surface area (Å²) in [5.41, 5.74) is 2.14. The van der Waals surface area contributed by atoms with Gasteiger partial charge in [0.15, 0.2) is 0 Å². The molecule has 1 amide bonds. The molecule has 0 unspecified atom stereocenters. The standard InChI is InChI=1S/C23H19ClF2N2O4S/c24-19-14-17(9-12-21(19)32-23(25)26)27-22(29)16-7-10-18(11-8-16)33(30,31)28-13-3-5-15-4-1-2-6-20(15)28/h1-2,4,6-12,14,23H,3,5,13H2,(H,27,29). The number of anilines is 2. The zero-order chi connectivity index (χ0) is 23.6. The molecule has 10 heteroatoms. The van der Waals surface area contributed by atoms with Crippen molar-refractivity contribution in [2.24, 2.45) is 0 Å². The second-order valence-corrected chi connectivity index (χ2v) is 9.58. The van der Waals surface area contributed by atoms with Gasteiger partial charge in [-0.05, 0) is 66.9 Å². The number of ether oxygens (including phenoxy) is 1. The molecular formula is C23H19ClF2N2O4S. The Balaban J connectivity index is 1.50. The van der Waals surface area contributed by atoms with Gasteiger partial charge in [-0.2, -0.15) is 8.78 Å². The normalized spacial score (nSPS) is 13.5. The monoisotopic (exact) mass is 492 g/mol. The van der Waals surface area contributed by atoms with E-state index in [1.54, 1.807) is 12.1 Å². The van der Waals surface area contributed by atoms with Gasteiger partial charge in [0.25, 0.3) is 15.9 Å². The smallest absolute Gasteiger partial charge is 0.387 e. The number of carbonyl (C=O) groups is 1. The van der Waals surface area contributed by atoms with Gasteiger partial charge in [-0.25, -0.2) is 8.42 Å². The Kier molecular flexibility index (Phi) is 6.53. The van der Waals surface area contributed by atoms with Crippen LogP contribution in [0.15, 0.2) is 71.6 Å². The Labute approximate surface area is 194 Å². The topological polar surface area (TPSA) is 75.7 Å². The van der Waals surface area contributed by atoms with Crippen LogP contribution in [-0.4, -0.2) is 27.5 Å². The Morgan fingerprint density at radius 3 is 2.48 bits per heavy atom. The molecule has 0 aromatic heterocycles. The fourth-order valence-corrected chi connectivity index (χ4v) is 5.39. The van der Waals surface area contributed by atoms with Crippen molar-refractivity contribution in [1.29, 1.82) is 0 Å². The van der Waals surface area contributed by atoms with Crippen LogP contribution in [0.1, 0.15) is 22.3 Å². The van der Waals surface area contributed by atoms with Crippen molar-refractivity contribution in [1.82, 2.24) is 0 Å². The number of hydrogen-bond donors (Lipinski definition) is 1. The highest BCUT2D eigenvalue weighted by Gasteiger charge is 2.29. The van der Waals surface area contributed by atoms with Crippen LogP contribution in [0.3, 0.4) is 0 Å². The highest BCUT2D eigenvalue weighted by Crippen LogP contribution is 2.32. The fourth-order valence-electron chi connectivity index (χ4n) is 3.63. The van der Waals surface area contributed by atoms with Crippen LogP contribution >= 0.6 is 11.6 Å². The van der Waals surface area contributed by atoms with Gasteiger partial charge in [0.1, 0.15) is 5.75 Å². The van der Waals surface area contributed by atoms with E-state index in [9.17, 15) is 22.0 Å². The van der Waals surface area contributed by atoms with Gasteiger partial charge >= 0.3 is 6.61 Å². The van der Waals surface area contributed by atoms with Gasteiger partial charge in [0.2, 0.25) is 0 Å². The zero-order valence-electron chi connectivity index (χ0n) is 17.2. The first kappa shape index (κ1) is 23.0. The molecule has 1 aliphatic heterocycles. The molecule has 0 bridgehead atoms. The maximum Gasteiger partial charge on any atom is 0.387 e. The molecule has 0 fully saturated rings. The number of carbonyl (C=O) groups excluding carboxylic acids is 1. The number of para-hydroxylation sites is 1. The number of nitrogens with one attached hydrogen (secondary N) is 1. The lowest BCUT2D eigenvalue weighted by molar-refractivity contribution is -0.0497. The molecular weight excluding hydrogens is 474 g/mol. The molecule has 1 N–H and O–H groups in total. The number of halogens is 3. The number of rotatable bonds is 6. The lowest BCUT2D eigenvalue weighted by Gasteiger charge is -2.30. The first-order valence-electron chi connectivity index (χ1n) is 10.0. The summed E-state index contributed by atoms with van der Waals surface area (Å²) in [6.45, 7) is -2.63. The van der Waals surface area contributed by atoms with E-state index in [1.807, 2.05) is 12.1 Å². The van der Waals surface area contributed by atoms with Gasteiger partial charge < -0.3 is 10.1 Å². The van der Waals surface area contributed by atoms with Gasteiger partial charge in [-0.15, -0.1) is 0 Å². The van der Waals surface area contributed by atoms with E-state index in [0.717, 1.165) is 18.4 Å². The summed E-state index contributed by atoms with van der Waals surface area (Å²) in [7, 11) is -3.79. The number of amides is 1. The van der Waals surface area contributed by atoms with Crippen LogP contribution in [0.5, 0.6) is 5.75 Å². The second kappa shape index (κ2) is 9.36. The van der Waals surface area contributed by atoms with E-state index < -0.39 is 22.5 Å². The van der Waals surface area contributed by atoms with Gasteiger partial charge in [0, 0.05) is 17.8 Å². The largest absolute Gasteiger partial charge is 0.433 e. The molecule has 0 saturated carbocycles. The average molecular weight is 493 g/mol. The Morgan fingerprint density at radius 2 is 1.79 bits per heavy atom. The van der Waals surface area contributed by atoms with Crippen molar-refractivity contribution in [2.45, 2.75) is 24.3 Å². The minimum atomic E-state index is -3.79. The summed E-state index contributed by atoms with van der Waals surface area (Å²) in [6, 6.07) is 16.9. The molecule has 0 atom stereocenters. The number of hydrogen-bond acceptors (Lipinski definition) is 4. The molecule has 0 radical (unpaired) electrons. The van der Waals surface area contributed by atoms with Crippen molar-refractivity contribution in [3.8, 4) is 5.75 Å². The van der Waals surface area contributed by atoms with Crippen molar-refractivity contribution in [3.05, 3.63) is 82.9 Å². The number of alkyl halides is 2. The highest BCUT2D eigenvalue weighted by atomic mass is 35.5. The number of sulfonamides is 1. The van der Waals surface area contributed by atoms with Crippen LogP contribution in [0.25, 0.3) is 0 Å². The maximum atomic E-state index is 13.2. The third-order valence-corrected chi connectivity index (χ3v) is 7.30. The SMILES string of the molecule is O=C(Nc1ccc(OC(F)F)c(Cl)c1)c1ccc(S(=O)(=O)N2CCCc3ccccc32)cc1.